The zero-order valence-electron chi connectivity index (χ0n) is 10.9. The topological polar surface area (TPSA) is 77.7 Å². The van der Waals surface area contributed by atoms with Crippen LogP contribution in [0.25, 0.3) is 0 Å². The molecule has 1 saturated heterocycles. The first kappa shape index (κ1) is 16.2. The summed E-state index contributed by atoms with van der Waals surface area (Å²) in [6.07, 6.45) is 2.48. The monoisotopic (exact) mass is 307 g/mol. The van der Waals surface area contributed by atoms with Crippen molar-refractivity contribution in [3.63, 3.8) is 0 Å². The second-order valence-corrected chi connectivity index (χ2v) is 5.37. The summed E-state index contributed by atoms with van der Waals surface area (Å²) in [7, 11) is 3.07. The minimum atomic E-state index is -0.247. The van der Waals surface area contributed by atoms with Gasteiger partial charge in [-0.25, -0.2) is 4.98 Å². The molecule has 0 spiro atoms. The standard InChI is InChI=1S/C11H17N3O3S.ClH/c1-16-7-3-9(10(15)17-2)14(5-7)6-8-4-13-11(12)18-8;/h4,7,9H,3,5-6H2,1-2H3,(H2,12,13);1H. The average molecular weight is 308 g/mol. The maximum Gasteiger partial charge on any atom is 0.323 e. The molecule has 1 aliphatic heterocycles. The van der Waals surface area contributed by atoms with Crippen LogP contribution in [-0.2, 0) is 20.8 Å². The van der Waals surface area contributed by atoms with Crippen LogP contribution in [0.3, 0.4) is 0 Å². The highest BCUT2D eigenvalue weighted by Crippen LogP contribution is 2.25. The second-order valence-electron chi connectivity index (χ2n) is 4.23. The lowest BCUT2D eigenvalue weighted by Gasteiger charge is -2.20. The van der Waals surface area contributed by atoms with Crippen LogP contribution in [0, 0.1) is 0 Å². The summed E-state index contributed by atoms with van der Waals surface area (Å²) < 4.78 is 10.1. The van der Waals surface area contributed by atoms with Gasteiger partial charge in [-0.3, -0.25) is 9.69 Å². The van der Waals surface area contributed by atoms with E-state index in [1.165, 1.54) is 18.4 Å². The van der Waals surface area contributed by atoms with E-state index in [0.717, 1.165) is 4.88 Å². The number of nitrogen functional groups attached to an aromatic ring is 1. The first-order valence-corrected chi connectivity index (χ1v) is 6.50. The number of ether oxygens (including phenoxy) is 2. The van der Waals surface area contributed by atoms with Crippen molar-refractivity contribution in [3.05, 3.63) is 11.1 Å². The van der Waals surface area contributed by atoms with E-state index >= 15 is 0 Å². The van der Waals surface area contributed by atoms with E-state index in [2.05, 4.69) is 4.98 Å². The van der Waals surface area contributed by atoms with Gasteiger partial charge in [0.2, 0.25) is 0 Å². The largest absolute Gasteiger partial charge is 0.468 e. The van der Waals surface area contributed by atoms with Gasteiger partial charge in [0.1, 0.15) is 6.04 Å². The number of hydrogen-bond donors (Lipinski definition) is 1. The molecule has 0 saturated carbocycles. The third kappa shape index (κ3) is 3.79. The minimum Gasteiger partial charge on any atom is -0.468 e. The van der Waals surface area contributed by atoms with Gasteiger partial charge >= 0.3 is 5.97 Å². The summed E-state index contributed by atoms with van der Waals surface area (Å²) >= 11 is 1.44. The SMILES string of the molecule is COC(=O)C1CC(OC)CN1Cc1cnc(N)s1.Cl. The molecule has 2 atom stereocenters. The highest BCUT2D eigenvalue weighted by molar-refractivity contribution is 7.15. The van der Waals surface area contributed by atoms with Crippen LogP contribution in [0.1, 0.15) is 11.3 Å². The molecular weight excluding hydrogens is 290 g/mol. The molecule has 19 heavy (non-hydrogen) atoms. The van der Waals surface area contributed by atoms with Crippen molar-refractivity contribution in [1.29, 1.82) is 0 Å². The molecule has 1 aliphatic rings. The normalized spacial score (nSPS) is 23.1. The van der Waals surface area contributed by atoms with Gasteiger partial charge in [0.25, 0.3) is 0 Å². The first-order chi connectivity index (χ1) is 8.63. The van der Waals surface area contributed by atoms with Gasteiger partial charge in [0.05, 0.1) is 13.2 Å². The van der Waals surface area contributed by atoms with Gasteiger partial charge < -0.3 is 15.2 Å². The molecule has 2 N–H and O–H groups in total. The fraction of sp³-hybridized carbons (Fsp3) is 0.636. The summed E-state index contributed by atoms with van der Waals surface area (Å²) in [6, 6.07) is -0.247. The molecule has 0 bridgehead atoms. The third-order valence-electron chi connectivity index (χ3n) is 3.10. The van der Waals surface area contributed by atoms with Crippen molar-refractivity contribution in [2.75, 3.05) is 26.5 Å². The number of aromatic nitrogens is 1. The molecular formula is C11H18ClN3O3S. The molecule has 108 valence electrons. The fourth-order valence-electron chi connectivity index (χ4n) is 2.18. The molecule has 0 radical (unpaired) electrons. The van der Waals surface area contributed by atoms with E-state index in [9.17, 15) is 4.79 Å². The van der Waals surface area contributed by atoms with Gasteiger partial charge in [-0.2, -0.15) is 0 Å². The molecule has 2 heterocycles. The third-order valence-corrected chi connectivity index (χ3v) is 3.91. The van der Waals surface area contributed by atoms with Crippen molar-refractivity contribution in [2.24, 2.45) is 0 Å². The minimum absolute atomic E-state index is 0. The quantitative estimate of drug-likeness (QED) is 0.833. The number of nitrogens with two attached hydrogens (primary N) is 1. The van der Waals surface area contributed by atoms with Crippen molar-refractivity contribution >= 4 is 34.8 Å². The Balaban J connectivity index is 0.00000180. The Morgan fingerprint density at radius 1 is 1.63 bits per heavy atom. The predicted octanol–water partition coefficient (Wildman–Crippen LogP) is 0.909. The Kier molecular flexibility index (Phi) is 5.99. The first-order valence-electron chi connectivity index (χ1n) is 5.69. The van der Waals surface area contributed by atoms with Gasteiger partial charge in [-0.15, -0.1) is 23.7 Å². The van der Waals surface area contributed by atoms with Gasteiger partial charge in [-0.1, -0.05) is 0 Å². The maximum atomic E-state index is 11.7. The van der Waals surface area contributed by atoms with E-state index < -0.39 is 0 Å². The maximum absolute atomic E-state index is 11.7. The van der Waals surface area contributed by atoms with E-state index in [0.29, 0.717) is 24.6 Å². The van der Waals surface area contributed by atoms with E-state index in [1.54, 1.807) is 13.3 Å². The molecule has 1 aromatic rings. The van der Waals surface area contributed by atoms with E-state index in [4.69, 9.17) is 15.2 Å². The number of carbonyl (C=O) groups excluding carboxylic acids is 1. The van der Waals surface area contributed by atoms with Crippen LogP contribution in [0.5, 0.6) is 0 Å². The molecule has 6 nitrogen and oxygen atoms in total. The lowest BCUT2D eigenvalue weighted by atomic mass is 10.2. The van der Waals surface area contributed by atoms with Crippen molar-refractivity contribution in [2.45, 2.75) is 25.1 Å². The number of methoxy groups -OCH3 is 2. The zero-order valence-corrected chi connectivity index (χ0v) is 12.5. The number of anilines is 1. The summed E-state index contributed by atoms with van der Waals surface area (Å²) in [5.41, 5.74) is 5.60. The predicted molar refractivity (Wildman–Crippen MR) is 75.4 cm³/mol. The van der Waals surface area contributed by atoms with Gasteiger partial charge in [0.15, 0.2) is 5.13 Å². The fourth-order valence-corrected chi connectivity index (χ4v) is 2.89. The van der Waals surface area contributed by atoms with Crippen molar-refractivity contribution in [3.8, 4) is 0 Å². The summed E-state index contributed by atoms with van der Waals surface area (Å²) in [6.45, 7) is 1.36. The molecule has 0 aliphatic carbocycles. The number of rotatable bonds is 4. The van der Waals surface area contributed by atoms with Crippen LogP contribution in [0.4, 0.5) is 5.13 Å². The highest BCUT2D eigenvalue weighted by Gasteiger charge is 2.37. The summed E-state index contributed by atoms with van der Waals surface area (Å²) in [5.74, 6) is -0.216. The number of carbonyl (C=O) groups is 1. The number of esters is 1. The Labute approximate surface area is 122 Å². The van der Waals surface area contributed by atoms with Crippen LogP contribution in [-0.4, -0.2) is 48.8 Å². The molecule has 8 heteroatoms. The number of thiazole rings is 1. The summed E-state index contributed by atoms with van der Waals surface area (Å²) in [4.78, 5) is 18.8. The smallest absolute Gasteiger partial charge is 0.323 e. The van der Waals surface area contributed by atoms with Crippen LogP contribution >= 0.6 is 23.7 Å². The molecule has 2 unspecified atom stereocenters. The van der Waals surface area contributed by atoms with Crippen LogP contribution in [0.15, 0.2) is 6.20 Å². The number of nitrogens with zero attached hydrogens (tertiary/aromatic N) is 2. The second kappa shape index (κ2) is 7.04. The molecule has 1 aromatic heterocycles. The Bertz CT molecular complexity index is 429. The van der Waals surface area contributed by atoms with Crippen LogP contribution in [0.2, 0.25) is 0 Å². The molecule has 0 aromatic carbocycles. The average Bonchev–Trinajstić information content (AvgIpc) is 2.95. The highest BCUT2D eigenvalue weighted by atomic mass is 35.5. The zero-order chi connectivity index (χ0) is 13.1. The van der Waals surface area contributed by atoms with Crippen molar-refractivity contribution in [1.82, 2.24) is 9.88 Å². The van der Waals surface area contributed by atoms with E-state index in [1.807, 2.05) is 4.90 Å². The summed E-state index contributed by atoms with van der Waals surface area (Å²) in [5, 5.41) is 0.544. The Morgan fingerprint density at radius 2 is 2.37 bits per heavy atom. The molecule has 1 fully saturated rings. The number of hydrogen-bond acceptors (Lipinski definition) is 7. The molecule has 2 rings (SSSR count). The molecule has 0 amide bonds. The van der Waals surface area contributed by atoms with Gasteiger partial charge in [-0.05, 0) is 0 Å². The Morgan fingerprint density at radius 3 is 2.89 bits per heavy atom. The van der Waals surface area contributed by atoms with Gasteiger partial charge in [0, 0.05) is 37.7 Å². The number of halogens is 1. The lowest BCUT2D eigenvalue weighted by molar-refractivity contribution is -0.146. The van der Waals surface area contributed by atoms with Crippen molar-refractivity contribution < 1.29 is 14.3 Å². The Hall–Kier alpha value is -0.890. The number of likely N-dealkylation sites (tertiary alicyclic amines) is 1. The van der Waals surface area contributed by atoms with E-state index in [-0.39, 0.29) is 30.5 Å². The van der Waals surface area contributed by atoms with Crippen LogP contribution < -0.4 is 5.73 Å². The lowest BCUT2D eigenvalue weighted by Crippen LogP contribution is -2.36.